The van der Waals surface area contributed by atoms with Crippen molar-refractivity contribution < 1.29 is 54.8 Å². The number of phenols is 4. The van der Waals surface area contributed by atoms with Crippen molar-refractivity contribution in [2.75, 3.05) is 13.2 Å². The molecule has 184 valence electrons. The molecule has 34 heavy (non-hydrogen) atoms. The van der Waals surface area contributed by atoms with Crippen LogP contribution in [0.25, 0.3) is 6.08 Å². The van der Waals surface area contributed by atoms with Crippen molar-refractivity contribution in [3.63, 3.8) is 0 Å². The molecule has 0 amide bonds. The van der Waals surface area contributed by atoms with Gasteiger partial charge in [0, 0.05) is 6.08 Å². The second kappa shape index (κ2) is 11.2. The molecule has 1 aliphatic rings. The van der Waals surface area contributed by atoms with E-state index in [1.54, 1.807) is 6.07 Å². The van der Waals surface area contributed by atoms with Crippen LogP contribution in [0.4, 0.5) is 0 Å². The number of aliphatic hydroxyl groups is 3. The molecule has 0 spiro atoms. The van der Waals surface area contributed by atoms with Gasteiger partial charge in [0.05, 0.1) is 6.61 Å². The van der Waals surface area contributed by atoms with Gasteiger partial charge in [0.2, 0.25) is 0 Å². The predicted molar refractivity (Wildman–Crippen MR) is 116 cm³/mol. The maximum absolute atomic E-state index is 12.0. The van der Waals surface area contributed by atoms with Gasteiger partial charge in [0.25, 0.3) is 0 Å². The third-order valence-corrected chi connectivity index (χ3v) is 5.18. The van der Waals surface area contributed by atoms with Crippen molar-refractivity contribution in [2.45, 2.75) is 37.1 Å². The van der Waals surface area contributed by atoms with Crippen molar-refractivity contribution in [2.24, 2.45) is 0 Å². The van der Waals surface area contributed by atoms with Crippen molar-refractivity contribution in [1.29, 1.82) is 0 Å². The summed E-state index contributed by atoms with van der Waals surface area (Å²) in [5.74, 6) is -2.00. The van der Waals surface area contributed by atoms with E-state index in [1.165, 1.54) is 36.4 Å². The van der Waals surface area contributed by atoms with Crippen LogP contribution < -0.4 is 0 Å². The zero-order valence-electron chi connectivity index (χ0n) is 17.9. The van der Waals surface area contributed by atoms with Crippen LogP contribution in [0, 0.1) is 0 Å². The number of aliphatic hydroxyl groups excluding tert-OH is 3. The van der Waals surface area contributed by atoms with Gasteiger partial charge in [-0.05, 0) is 47.9 Å². The number of ether oxygens (including phenoxy) is 3. The molecule has 1 heterocycles. The monoisotopic (exact) mass is 478 g/mol. The first-order valence-corrected chi connectivity index (χ1v) is 10.3. The summed E-state index contributed by atoms with van der Waals surface area (Å²) in [6.45, 7) is -0.426. The standard InChI is InChI=1S/C23H26O11/c24-14-4-1-12(9-16(14)26)3-6-19(28)33-11-18-20(29)21(30)22(31)23(34-18)32-8-7-13-2-5-15(25)17(27)10-13/h1-6,9-10,18,20-27,29-31H,7-8,11H2/t18-,20-,21-,22+,23+/m1/s1. The normalized spacial score (nSPS) is 24.9. The maximum Gasteiger partial charge on any atom is 0.330 e. The third kappa shape index (κ3) is 6.37. The molecule has 5 atom stereocenters. The molecule has 7 N–H and O–H groups in total. The molecule has 0 saturated carbocycles. The fraction of sp³-hybridized carbons (Fsp3) is 0.348. The van der Waals surface area contributed by atoms with E-state index in [-0.39, 0.29) is 36.0 Å². The molecule has 11 heteroatoms. The summed E-state index contributed by atoms with van der Waals surface area (Å²) in [5.41, 5.74) is 1.07. The minimum Gasteiger partial charge on any atom is -0.504 e. The van der Waals surface area contributed by atoms with Gasteiger partial charge in [0.15, 0.2) is 29.3 Å². The number of hydrogen-bond donors (Lipinski definition) is 7. The number of benzene rings is 2. The van der Waals surface area contributed by atoms with Crippen LogP contribution in [0.1, 0.15) is 11.1 Å². The lowest BCUT2D eigenvalue weighted by atomic mass is 9.99. The largest absolute Gasteiger partial charge is 0.504 e. The van der Waals surface area contributed by atoms with Gasteiger partial charge in [0.1, 0.15) is 31.0 Å². The van der Waals surface area contributed by atoms with E-state index in [0.717, 1.165) is 6.08 Å². The van der Waals surface area contributed by atoms with Crippen LogP contribution in [0.15, 0.2) is 42.5 Å². The van der Waals surface area contributed by atoms with Gasteiger partial charge in [-0.15, -0.1) is 0 Å². The number of rotatable bonds is 8. The molecule has 3 rings (SSSR count). The Bertz CT molecular complexity index is 1020. The molecule has 2 aromatic rings. The highest BCUT2D eigenvalue weighted by Crippen LogP contribution is 2.27. The van der Waals surface area contributed by atoms with Gasteiger partial charge in [-0.25, -0.2) is 4.79 Å². The fourth-order valence-electron chi connectivity index (χ4n) is 3.23. The van der Waals surface area contributed by atoms with E-state index in [2.05, 4.69) is 0 Å². The van der Waals surface area contributed by atoms with Crippen LogP contribution in [0.2, 0.25) is 0 Å². The number of carbonyl (C=O) groups excluding carboxylic acids is 1. The second-order valence-electron chi connectivity index (χ2n) is 7.67. The average Bonchev–Trinajstić information content (AvgIpc) is 2.81. The van der Waals surface area contributed by atoms with E-state index >= 15 is 0 Å². The number of phenolic OH excluding ortho intramolecular Hbond substituents is 4. The van der Waals surface area contributed by atoms with Gasteiger partial charge < -0.3 is 50.0 Å². The Morgan fingerprint density at radius 1 is 0.882 bits per heavy atom. The van der Waals surface area contributed by atoms with E-state index in [1.807, 2.05) is 0 Å². The summed E-state index contributed by atoms with van der Waals surface area (Å²) >= 11 is 0. The molecule has 0 radical (unpaired) electrons. The average molecular weight is 478 g/mol. The molecular formula is C23H26O11. The number of carbonyl (C=O) groups is 1. The molecule has 0 bridgehead atoms. The Labute approximate surface area is 194 Å². The Kier molecular flexibility index (Phi) is 8.31. The Morgan fingerprint density at radius 2 is 1.56 bits per heavy atom. The lowest BCUT2D eigenvalue weighted by molar-refractivity contribution is -0.301. The van der Waals surface area contributed by atoms with Crippen molar-refractivity contribution in [1.82, 2.24) is 0 Å². The fourth-order valence-corrected chi connectivity index (χ4v) is 3.23. The first-order valence-electron chi connectivity index (χ1n) is 10.3. The molecule has 1 aliphatic heterocycles. The van der Waals surface area contributed by atoms with Crippen LogP contribution >= 0.6 is 0 Å². The molecule has 0 aliphatic carbocycles. The third-order valence-electron chi connectivity index (χ3n) is 5.18. The van der Waals surface area contributed by atoms with Gasteiger partial charge in [-0.3, -0.25) is 0 Å². The SMILES string of the molecule is O=C(C=Cc1ccc(O)c(O)c1)OC[C@H]1O[C@H](OCCc2ccc(O)c(O)c2)[C@@H](O)[C@H](O)[C@@H]1O. The molecule has 1 saturated heterocycles. The van der Waals surface area contributed by atoms with Crippen molar-refractivity contribution >= 4 is 12.0 Å². The highest BCUT2D eigenvalue weighted by Gasteiger charge is 2.44. The smallest absolute Gasteiger partial charge is 0.330 e. The molecule has 1 fully saturated rings. The van der Waals surface area contributed by atoms with E-state index < -0.39 is 43.3 Å². The lowest BCUT2D eigenvalue weighted by Gasteiger charge is -2.39. The minimum atomic E-state index is -1.62. The topological polar surface area (TPSA) is 186 Å². The second-order valence-corrected chi connectivity index (χ2v) is 7.67. The van der Waals surface area contributed by atoms with E-state index in [4.69, 9.17) is 14.2 Å². The summed E-state index contributed by atoms with van der Waals surface area (Å²) in [5, 5.41) is 68.1. The van der Waals surface area contributed by atoms with Gasteiger partial charge in [-0.1, -0.05) is 12.1 Å². The highest BCUT2D eigenvalue weighted by atomic mass is 16.7. The Hall–Kier alpha value is -3.35. The van der Waals surface area contributed by atoms with Crippen LogP contribution in [-0.4, -0.2) is 85.6 Å². The number of esters is 1. The van der Waals surface area contributed by atoms with E-state index in [0.29, 0.717) is 11.1 Å². The zero-order chi connectivity index (χ0) is 24.8. The molecular weight excluding hydrogens is 452 g/mol. The maximum atomic E-state index is 12.0. The quantitative estimate of drug-likeness (QED) is 0.155. The zero-order valence-corrected chi connectivity index (χ0v) is 17.9. The molecule has 11 nitrogen and oxygen atoms in total. The van der Waals surface area contributed by atoms with Gasteiger partial charge >= 0.3 is 5.97 Å². The summed E-state index contributed by atoms with van der Waals surface area (Å²) in [6, 6.07) is 8.21. The first kappa shape index (κ1) is 25.3. The molecule has 2 aromatic carbocycles. The molecule has 0 aromatic heterocycles. The van der Waals surface area contributed by atoms with Crippen LogP contribution in [0.3, 0.4) is 0 Å². The lowest BCUT2D eigenvalue weighted by Crippen LogP contribution is -2.59. The summed E-state index contributed by atoms with van der Waals surface area (Å²) in [4.78, 5) is 12.0. The summed E-state index contributed by atoms with van der Waals surface area (Å²) in [7, 11) is 0. The Balaban J connectivity index is 1.52. The first-order chi connectivity index (χ1) is 16.2. The highest BCUT2D eigenvalue weighted by molar-refractivity contribution is 5.87. The summed E-state index contributed by atoms with van der Waals surface area (Å²) in [6.07, 6.45) is -4.53. The Morgan fingerprint density at radius 3 is 2.24 bits per heavy atom. The number of hydrogen-bond acceptors (Lipinski definition) is 11. The summed E-state index contributed by atoms with van der Waals surface area (Å²) < 4.78 is 16.0. The number of aromatic hydroxyl groups is 4. The van der Waals surface area contributed by atoms with E-state index in [9.17, 15) is 40.5 Å². The van der Waals surface area contributed by atoms with Crippen LogP contribution in [0.5, 0.6) is 23.0 Å². The van der Waals surface area contributed by atoms with Crippen molar-refractivity contribution in [3.8, 4) is 23.0 Å². The van der Waals surface area contributed by atoms with Crippen LogP contribution in [-0.2, 0) is 25.4 Å². The molecule has 0 unspecified atom stereocenters. The minimum absolute atomic E-state index is 0.0173. The van der Waals surface area contributed by atoms with Crippen molar-refractivity contribution in [3.05, 3.63) is 53.6 Å². The van der Waals surface area contributed by atoms with Gasteiger partial charge in [-0.2, -0.15) is 0 Å². The predicted octanol–water partition coefficient (Wildman–Crippen LogP) is 0.132.